The van der Waals surface area contributed by atoms with E-state index >= 15 is 0 Å². The molecule has 0 saturated heterocycles. The number of carbonyl (C=O) groups excluding carboxylic acids is 1. The maximum atomic E-state index is 13.9. The van der Waals surface area contributed by atoms with Gasteiger partial charge in [0.05, 0.1) is 23.3 Å². The lowest BCUT2D eigenvalue weighted by atomic mass is 10.2. The molecule has 9 heteroatoms. The summed E-state index contributed by atoms with van der Waals surface area (Å²) in [5, 5.41) is 2.50. The lowest BCUT2D eigenvalue weighted by Crippen LogP contribution is -2.16. The van der Waals surface area contributed by atoms with Gasteiger partial charge in [0, 0.05) is 10.2 Å². The number of halogens is 2. The summed E-state index contributed by atoms with van der Waals surface area (Å²) in [6.07, 6.45) is 0. The lowest BCUT2D eigenvalue weighted by Gasteiger charge is -2.14. The average molecular weight is 479 g/mol. The van der Waals surface area contributed by atoms with E-state index in [1.807, 2.05) is 0 Å². The topological polar surface area (TPSA) is 84.5 Å². The average Bonchev–Trinajstić information content (AvgIpc) is 2.70. The van der Waals surface area contributed by atoms with Gasteiger partial charge in [0.2, 0.25) is 0 Å². The highest BCUT2D eigenvalue weighted by atomic mass is 79.9. The summed E-state index contributed by atoms with van der Waals surface area (Å²) in [7, 11) is -2.55. The second kappa shape index (κ2) is 8.62. The Hall–Kier alpha value is -2.91. The molecule has 0 aliphatic heterocycles. The standard InChI is InChI=1S/C20H16BrFN2O4S/c1-28-19-11-10-15(29(26,27)24-14-8-6-13(21)7-9-14)12-18(19)23-20(25)16-4-2-3-5-17(16)22/h2-12,24H,1H3,(H,23,25). The molecule has 0 heterocycles. The van der Waals surface area contributed by atoms with Crippen molar-refractivity contribution in [3.63, 3.8) is 0 Å². The number of methoxy groups -OCH3 is 1. The highest BCUT2D eigenvalue weighted by Gasteiger charge is 2.19. The quantitative estimate of drug-likeness (QED) is 0.539. The summed E-state index contributed by atoms with van der Waals surface area (Å²) in [5.41, 5.74) is 0.302. The molecule has 1 amide bonds. The third-order valence-electron chi connectivity index (χ3n) is 3.94. The Morgan fingerprint density at radius 3 is 2.38 bits per heavy atom. The molecule has 0 atom stereocenters. The van der Waals surface area contributed by atoms with E-state index in [0.717, 1.165) is 10.5 Å². The molecule has 0 radical (unpaired) electrons. The Balaban J connectivity index is 1.91. The Labute approximate surface area is 175 Å². The number of hydrogen-bond acceptors (Lipinski definition) is 4. The van der Waals surface area contributed by atoms with Gasteiger partial charge in [0.1, 0.15) is 11.6 Å². The smallest absolute Gasteiger partial charge is 0.261 e. The third-order valence-corrected chi connectivity index (χ3v) is 5.85. The largest absolute Gasteiger partial charge is 0.495 e. The van der Waals surface area contributed by atoms with Gasteiger partial charge in [-0.25, -0.2) is 12.8 Å². The molecule has 0 aliphatic carbocycles. The second-order valence-corrected chi connectivity index (χ2v) is 8.51. The summed E-state index contributed by atoms with van der Waals surface area (Å²) in [5.74, 6) is -1.18. The molecule has 3 aromatic carbocycles. The van der Waals surface area contributed by atoms with Gasteiger partial charge in [-0.1, -0.05) is 28.1 Å². The van der Waals surface area contributed by atoms with Crippen LogP contribution in [0.1, 0.15) is 10.4 Å². The number of nitrogens with one attached hydrogen (secondary N) is 2. The second-order valence-electron chi connectivity index (χ2n) is 5.91. The van der Waals surface area contributed by atoms with Crippen LogP contribution < -0.4 is 14.8 Å². The first-order valence-corrected chi connectivity index (χ1v) is 10.6. The zero-order valence-electron chi connectivity index (χ0n) is 15.1. The van der Waals surface area contributed by atoms with Crippen LogP contribution >= 0.6 is 15.9 Å². The Morgan fingerprint density at radius 2 is 1.72 bits per heavy atom. The van der Waals surface area contributed by atoms with E-state index in [9.17, 15) is 17.6 Å². The van der Waals surface area contributed by atoms with Crippen LogP contribution in [0.3, 0.4) is 0 Å². The van der Waals surface area contributed by atoms with Crippen molar-refractivity contribution in [2.45, 2.75) is 4.90 Å². The number of benzene rings is 3. The Morgan fingerprint density at radius 1 is 1.03 bits per heavy atom. The van der Waals surface area contributed by atoms with Crippen LogP contribution in [0.4, 0.5) is 15.8 Å². The molecule has 29 heavy (non-hydrogen) atoms. The molecule has 0 saturated carbocycles. The van der Waals surface area contributed by atoms with Crippen molar-refractivity contribution in [1.82, 2.24) is 0 Å². The molecule has 2 N–H and O–H groups in total. The summed E-state index contributed by atoms with van der Waals surface area (Å²) in [6.45, 7) is 0. The van der Waals surface area contributed by atoms with Crippen molar-refractivity contribution in [1.29, 1.82) is 0 Å². The van der Waals surface area contributed by atoms with Gasteiger partial charge < -0.3 is 10.1 Å². The first-order valence-electron chi connectivity index (χ1n) is 8.32. The van der Waals surface area contributed by atoms with Crippen LogP contribution in [0.25, 0.3) is 0 Å². The Kier molecular flexibility index (Phi) is 6.19. The molecule has 6 nitrogen and oxygen atoms in total. The minimum Gasteiger partial charge on any atom is -0.495 e. The van der Waals surface area contributed by atoms with Crippen molar-refractivity contribution >= 4 is 43.2 Å². The van der Waals surface area contributed by atoms with Crippen LogP contribution in [0, 0.1) is 5.82 Å². The molecule has 0 fully saturated rings. The molecular weight excluding hydrogens is 463 g/mol. The number of rotatable bonds is 6. The van der Waals surface area contributed by atoms with Crippen molar-refractivity contribution in [2.24, 2.45) is 0 Å². The summed E-state index contributed by atoms with van der Waals surface area (Å²) < 4.78 is 47.7. The highest BCUT2D eigenvalue weighted by molar-refractivity contribution is 9.10. The van der Waals surface area contributed by atoms with E-state index in [0.29, 0.717) is 5.69 Å². The van der Waals surface area contributed by atoms with E-state index in [1.54, 1.807) is 24.3 Å². The zero-order chi connectivity index (χ0) is 21.0. The monoisotopic (exact) mass is 478 g/mol. The van der Waals surface area contributed by atoms with Crippen LogP contribution in [-0.4, -0.2) is 21.4 Å². The molecule has 0 unspecified atom stereocenters. The summed E-state index contributed by atoms with van der Waals surface area (Å²) >= 11 is 3.28. The van der Waals surface area contributed by atoms with Gasteiger partial charge in [0.15, 0.2) is 0 Å². The SMILES string of the molecule is COc1ccc(S(=O)(=O)Nc2ccc(Br)cc2)cc1NC(=O)c1ccccc1F. The Bertz CT molecular complexity index is 1150. The fourth-order valence-corrected chi connectivity index (χ4v) is 3.87. The molecular formula is C20H16BrFN2O4S. The van der Waals surface area contributed by atoms with Crippen LogP contribution in [0.15, 0.2) is 76.1 Å². The number of ether oxygens (including phenoxy) is 1. The molecule has 0 spiro atoms. The first kappa shape index (κ1) is 20.8. The predicted octanol–water partition coefficient (Wildman–Crippen LogP) is 4.65. The summed E-state index contributed by atoms with van der Waals surface area (Å²) in [6, 6.07) is 16.1. The number of anilines is 2. The van der Waals surface area contributed by atoms with E-state index < -0.39 is 21.7 Å². The predicted molar refractivity (Wildman–Crippen MR) is 112 cm³/mol. The van der Waals surface area contributed by atoms with E-state index in [1.165, 1.54) is 43.5 Å². The maximum absolute atomic E-state index is 13.9. The fourth-order valence-electron chi connectivity index (χ4n) is 2.52. The van der Waals surface area contributed by atoms with Crippen LogP contribution in [0.5, 0.6) is 5.75 Å². The van der Waals surface area contributed by atoms with Crippen LogP contribution in [-0.2, 0) is 10.0 Å². The molecule has 3 aromatic rings. The number of amides is 1. The van der Waals surface area contributed by atoms with Gasteiger partial charge in [0.25, 0.3) is 15.9 Å². The lowest BCUT2D eigenvalue weighted by molar-refractivity contribution is 0.102. The molecule has 3 rings (SSSR count). The summed E-state index contributed by atoms with van der Waals surface area (Å²) in [4.78, 5) is 12.3. The normalized spacial score (nSPS) is 11.0. The molecule has 150 valence electrons. The fraction of sp³-hybridized carbons (Fsp3) is 0.0500. The van der Waals surface area contributed by atoms with Crippen molar-refractivity contribution in [2.75, 3.05) is 17.1 Å². The van der Waals surface area contributed by atoms with Crippen molar-refractivity contribution in [3.05, 3.63) is 82.6 Å². The minimum atomic E-state index is -3.93. The molecule has 0 aliphatic rings. The van der Waals surface area contributed by atoms with E-state index in [4.69, 9.17) is 4.74 Å². The molecule has 0 bridgehead atoms. The van der Waals surface area contributed by atoms with Gasteiger partial charge in [-0.2, -0.15) is 0 Å². The third kappa shape index (κ3) is 4.93. The first-order chi connectivity index (χ1) is 13.8. The maximum Gasteiger partial charge on any atom is 0.261 e. The van der Waals surface area contributed by atoms with Crippen LogP contribution in [0.2, 0.25) is 0 Å². The van der Waals surface area contributed by atoms with Gasteiger partial charge in [-0.15, -0.1) is 0 Å². The molecule has 0 aromatic heterocycles. The van der Waals surface area contributed by atoms with Gasteiger partial charge in [-0.05, 0) is 54.6 Å². The van der Waals surface area contributed by atoms with Gasteiger partial charge in [-0.3, -0.25) is 9.52 Å². The number of sulfonamides is 1. The van der Waals surface area contributed by atoms with Gasteiger partial charge >= 0.3 is 0 Å². The van der Waals surface area contributed by atoms with Crippen molar-refractivity contribution in [3.8, 4) is 5.75 Å². The number of hydrogen-bond donors (Lipinski definition) is 2. The van der Waals surface area contributed by atoms with Crippen molar-refractivity contribution < 1.29 is 22.3 Å². The van der Waals surface area contributed by atoms with E-state index in [2.05, 4.69) is 26.0 Å². The minimum absolute atomic E-state index is 0.0925. The highest BCUT2D eigenvalue weighted by Crippen LogP contribution is 2.29. The number of carbonyl (C=O) groups is 1. The van der Waals surface area contributed by atoms with E-state index in [-0.39, 0.29) is 21.9 Å². The zero-order valence-corrected chi connectivity index (χ0v) is 17.6.